The minimum atomic E-state index is 1.06. The monoisotopic (exact) mass is 232 g/mol. The van der Waals surface area contributed by atoms with E-state index in [1.165, 1.54) is 24.8 Å². The molecular weight excluding hydrogens is 208 g/mol. The molecule has 2 nitrogen and oxygen atoms in total. The van der Waals surface area contributed by atoms with Crippen molar-refractivity contribution in [3.05, 3.63) is 34.9 Å². The van der Waals surface area contributed by atoms with Crippen molar-refractivity contribution in [3.8, 4) is 0 Å². The molecule has 2 rings (SSSR count). The third-order valence-electron chi connectivity index (χ3n) is 3.54. The number of nitrogens with one attached hydrogen (secondary N) is 1. The quantitative estimate of drug-likeness (QED) is 0.757. The molecule has 0 spiro atoms. The van der Waals surface area contributed by atoms with Gasteiger partial charge in [0, 0.05) is 19.6 Å². The zero-order valence-corrected chi connectivity index (χ0v) is 11.1. The van der Waals surface area contributed by atoms with Gasteiger partial charge in [-0.25, -0.2) is 0 Å². The summed E-state index contributed by atoms with van der Waals surface area (Å²) in [6, 6.07) is 7.04. The zero-order valence-electron chi connectivity index (χ0n) is 11.1. The highest BCUT2D eigenvalue weighted by molar-refractivity contribution is 5.35. The Hall–Kier alpha value is -0.860. The molecule has 0 radical (unpaired) electrons. The maximum atomic E-state index is 3.36. The van der Waals surface area contributed by atoms with Gasteiger partial charge < -0.3 is 10.2 Å². The molecule has 0 amide bonds. The maximum absolute atomic E-state index is 3.36. The van der Waals surface area contributed by atoms with Gasteiger partial charge in [0.25, 0.3) is 0 Å². The van der Waals surface area contributed by atoms with E-state index in [4.69, 9.17) is 0 Å². The average Bonchev–Trinajstić information content (AvgIpc) is 2.76. The van der Waals surface area contributed by atoms with Crippen LogP contribution in [0.4, 0.5) is 0 Å². The Kier molecular flexibility index (Phi) is 4.57. The molecule has 1 aliphatic carbocycles. The number of aryl methyl sites for hydroxylation is 2. The number of likely N-dealkylation sites (N-methyl/N-ethyl adjacent to an activating group) is 2. The molecule has 0 fully saturated rings. The summed E-state index contributed by atoms with van der Waals surface area (Å²) in [7, 11) is 2.20. The Morgan fingerprint density at radius 3 is 2.88 bits per heavy atom. The summed E-state index contributed by atoms with van der Waals surface area (Å²) in [6.45, 7) is 6.48. The molecule has 0 saturated heterocycles. The first kappa shape index (κ1) is 12.6. The zero-order chi connectivity index (χ0) is 12.1. The molecule has 0 aromatic heterocycles. The molecule has 1 aromatic carbocycles. The minimum absolute atomic E-state index is 1.06. The number of rotatable bonds is 6. The SMILES string of the molecule is CCNCCN(C)Cc1ccc2c(c1)CCC2. The lowest BCUT2D eigenvalue weighted by Gasteiger charge is -2.17. The van der Waals surface area contributed by atoms with Crippen LogP contribution in [0.15, 0.2) is 18.2 Å². The molecule has 0 atom stereocenters. The van der Waals surface area contributed by atoms with Crippen LogP contribution in [0.5, 0.6) is 0 Å². The molecule has 0 bridgehead atoms. The molecule has 1 aromatic rings. The molecule has 2 heteroatoms. The van der Waals surface area contributed by atoms with Gasteiger partial charge in [0.05, 0.1) is 0 Å². The fourth-order valence-corrected chi connectivity index (χ4v) is 2.56. The van der Waals surface area contributed by atoms with Crippen molar-refractivity contribution in [3.63, 3.8) is 0 Å². The Labute approximate surface area is 105 Å². The van der Waals surface area contributed by atoms with Crippen LogP contribution in [-0.4, -0.2) is 31.6 Å². The van der Waals surface area contributed by atoms with Crippen LogP contribution in [0.1, 0.15) is 30.0 Å². The van der Waals surface area contributed by atoms with Gasteiger partial charge >= 0.3 is 0 Å². The molecule has 0 aliphatic heterocycles. The molecule has 0 unspecified atom stereocenters. The molecule has 1 N–H and O–H groups in total. The van der Waals surface area contributed by atoms with Gasteiger partial charge in [-0.1, -0.05) is 25.1 Å². The number of nitrogens with zero attached hydrogens (tertiary/aromatic N) is 1. The van der Waals surface area contributed by atoms with Crippen molar-refractivity contribution in [2.45, 2.75) is 32.7 Å². The van der Waals surface area contributed by atoms with Crippen molar-refractivity contribution in [2.24, 2.45) is 0 Å². The molecule has 94 valence electrons. The molecular formula is C15H24N2. The van der Waals surface area contributed by atoms with E-state index >= 15 is 0 Å². The third kappa shape index (κ3) is 3.55. The van der Waals surface area contributed by atoms with E-state index in [-0.39, 0.29) is 0 Å². The predicted molar refractivity (Wildman–Crippen MR) is 73.3 cm³/mol. The first-order valence-corrected chi connectivity index (χ1v) is 6.79. The van der Waals surface area contributed by atoms with Crippen LogP contribution in [-0.2, 0) is 19.4 Å². The summed E-state index contributed by atoms with van der Waals surface area (Å²) in [5.41, 5.74) is 4.62. The summed E-state index contributed by atoms with van der Waals surface area (Å²) in [5.74, 6) is 0. The number of fused-ring (bicyclic) bond motifs is 1. The average molecular weight is 232 g/mol. The highest BCUT2D eigenvalue weighted by Gasteiger charge is 2.11. The lowest BCUT2D eigenvalue weighted by atomic mass is 10.1. The second-order valence-electron chi connectivity index (χ2n) is 5.05. The summed E-state index contributed by atoms with van der Waals surface area (Å²) >= 11 is 0. The minimum Gasteiger partial charge on any atom is -0.316 e. The van der Waals surface area contributed by atoms with Gasteiger partial charge in [-0.05, 0) is 49.5 Å². The van der Waals surface area contributed by atoms with Crippen LogP contribution >= 0.6 is 0 Å². The van der Waals surface area contributed by atoms with Crippen molar-refractivity contribution >= 4 is 0 Å². The van der Waals surface area contributed by atoms with Crippen LogP contribution in [0.2, 0.25) is 0 Å². The summed E-state index contributed by atoms with van der Waals surface area (Å²) in [4.78, 5) is 2.39. The van der Waals surface area contributed by atoms with E-state index in [1.54, 1.807) is 11.1 Å². The fraction of sp³-hybridized carbons (Fsp3) is 0.600. The van der Waals surface area contributed by atoms with E-state index in [9.17, 15) is 0 Å². The van der Waals surface area contributed by atoms with Crippen molar-refractivity contribution in [1.29, 1.82) is 0 Å². The van der Waals surface area contributed by atoms with Gasteiger partial charge in [-0.3, -0.25) is 0 Å². The van der Waals surface area contributed by atoms with Crippen molar-refractivity contribution in [2.75, 3.05) is 26.7 Å². The van der Waals surface area contributed by atoms with Gasteiger partial charge in [0.1, 0.15) is 0 Å². The molecule has 0 heterocycles. The third-order valence-corrected chi connectivity index (χ3v) is 3.54. The number of hydrogen-bond acceptors (Lipinski definition) is 2. The first-order chi connectivity index (χ1) is 8.29. The summed E-state index contributed by atoms with van der Waals surface area (Å²) in [6.07, 6.45) is 3.91. The van der Waals surface area contributed by atoms with E-state index in [2.05, 4.69) is 42.4 Å². The second kappa shape index (κ2) is 6.18. The van der Waals surface area contributed by atoms with Gasteiger partial charge in [0.15, 0.2) is 0 Å². The molecule has 17 heavy (non-hydrogen) atoms. The largest absolute Gasteiger partial charge is 0.316 e. The smallest absolute Gasteiger partial charge is 0.0231 e. The van der Waals surface area contributed by atoms with Gasteiger partial charge in [-0.2, -0.15) is 0 Å². The Morgan fingerprint density at radius 2 is 2.06 bits per heavy atom. The van der Waals surface area contributed by atoms with Gasteiger partial charge in [-0.15, -0.1) is 0 Å². The number of benzene rings is 1. The lowest BCUT2D eigenvalue weighted by molar-refractivity contribution is 0.325. The molecule has 0 saturated carbocycles. The highest BCUT2D eigenvalue weighted by Crippen LogP contribution is 2.23. The highest BCUT2D eigenvalue weighted by atomic mass is 15.1. The van der Waals surface area contributed by atoms with Crippen LogP contribution in [0.25, 0.3) is 0 Å². The predicted octanol–water partition coefficient (Wildman–Crippen LogP) is 2.22. The fourth-order valence-electron chi connectivity index (χ4n) is 2.56. The topological polar surface area (TPSA) is 15.3 Å². The van der Waals surface area contributed by atoms with Crippen LogP contribution < -0.4 is 5.32 Å². The summed E-state index contributed by atoms with van der Waals surface area (Å²) in [5, 5.41) is 3.36. The normalized spacial score (nSPS) is 14.3. The number of hydrogen-bond donors (Lipinski definition) is 1. The Balaban J connectivity index is 1.86. The maximum Gasteiger partial charge on any atom is 0.0231 e. The van der Waals surface area contributed by atoms with Gasteiger partial charge in [0.2, 0.25) is 0 Å². The van der Waals surface area contributed by atoms with Crippen molar-refractivity contribution < 1.29 is 0 Å². The Bertz CT molecular complexity index is 360. The van der Waals surface area contributed by atoms with E-state index in [0.29, 0.717) is 0 Å². The second-order valence-corrected chi connectivity index (χ2v) is 5.05. The Morgan fingerprint density at radius 1 is 1.24 bits per heavy atom. The van der Waals surface area contributed by atoms with Crippen molar-refractivity contribution in [1.82, 2.24) is 10.2 Å². The van der Waals surface area contributed by atoms with E-state index < -0.39 is 0 Å². The van der Waals surface area contributed by atoms with E-state index in [0.717, 1.165) is 26.2 Å². The lowest BCUT2D eigenvalue weighted by Crippen LogP contribution is -2.28. The molecule has 1 aliphatic rings. The standard InChI is InChI=1S/C15H24N2/c1-3-16-9-10-17(2)12-13-7-8-14-5-4-6-15(14)11-13/h7-8,11,16H,3-6,9-10,12H2,1-2H3. The summed E-state index contributed by atoms with van der Waals surface area (Å²) < 4.78 is 0. The van der Waals surface area contributed by atoms with E-state index in [1.807, 2.05) is 0 Å². The van der Waals surface area contributed by atoms with Crippen LogP contribution in [0.3, 0.4) is 0 Å². The first-order valence-electron chi connectivity index (χ1n) is 6.79. The van der Waals surface area contributed by atoms with Crippen LogP contribution in [0, 0.1) is 0 Å².